The topological polar surface area (TPSA) is 56.5 Å². The van der Waals surface area contributed by atoms with E-state index in [2.05, 4.69) is 5.32 Å². The number of ether oxygens (including phenoxy) is 2. The van der Waals surface area contributed by atoms with Crippen LogP contribution in [0, 0.1) is 0 Å². The summed E-state index contributed by atoms with van der Waals surface area (Å²) in [6.07, 6.45) is 0.0822. The summed E-state index contributed by atoms with van der Waals surface area (Å²) in [4.78, 5) is 0. The second kappa shape index (κ2) is 6.19. The lowest BCUT2D eigenvalue weighted by Gasteiger charge is -2.15. The highest BCUT2D eigenvalue weighted by Gasteiger charge is 2.06. The van der Waals surface area contributed by atoms with Crippen LogP contribution in [0.2, 0.25) is 0 Å². The van der Waals surface area contributed by atoms with Crippen molar-refractivity contribution in [2.75, 3.05) is 18.2 Å². The molecule has 4 nitrogen and oxygen atoms in total. The number of benzene rings is 2. The molecule has 2 aromatic carbocycles. The summed E-state index contributed by atoms with van der Waals surface area (Å²) in [5, 5.41) is 3.30. The third-order valence-electron chi connectivity index (χ3n) is 2.76. The van der Waals surface area contributed by atoms with Gasteiger partial charge in [-0.3, -0.25) is 0 Å². The van der Waals surface area contributed by atoms with Crippen LogP contribution in [0.15, 0.2) is 42.5 Å². The Balaban J connectivity index is 2.25. The molecule has 0 spiro atoms. The summed E-state index contributed by atoms with van der Waals surface area (Å²) >= 11 is 0. The molecule has 2 rings (SSSR count). The van der Waals surface area contributed by atoms with Crippen LogP contribution >= 0.6 is 0 Å². The van der Waals surface area contributed by atoms with E-state index in [9.17, 15) is 0 Å². The molecule has 0 aliphatic heterocycles. The summed E-state index contributed by atoms with van der Waals surface area (Å²) < 4.78 is 11.0. The first-order valence-electron chi connectivity index (χ1n) is 6.56. The number of methoxy groups -OCH3 is 1. The Morgan fingerprint density at radius 2 is 1.80 bits per heavy atom. The van der Waals surface area contributed by atoms with Crippen LogP contribution in [0.25, 0.3) is 0 Å². The van der Waals surface area contributed by atoms with Crippen LogP contribution in [-0.4, -0.2) is 13.2 Å². The van der Waals surface area contributed by atoms with Crippen molar-refractivity contribution in [1.29, 1.82) is 0 Å². The fraction of sp³-hybridized carbons (Fsp3) is 0.250. The van der Waals surface area contributed by atoms with Gasteiger partial charge in [-0.25, -0.2) is 0 Å². The molecule has 0 aliphatic carbocycles. The molecule has 0 saturated carbocycles. The van der Waals surface area contributed by atoms with Gasteiger partial charge in [-0.15, -0.1) is 0 Å². The zero-order valence-corrected chi connectivity index (χ0v) is 12.0. The lowest BCUT2D eigenvalue weighted by molar-refractivity contribution is 0.244. The molecular weight excluding hydrogens is 252 g/mol. The Morgan fingerprint density at radius 3 is 2.50 bits per heavy atom. The maximum atomic E-state index is 5.91. The van der Waals surface area contributed by atoms with Gasteiger partial charge in [-0.2, -0.15) is 0 Å². The van der Waals surface area contributed by atoms with Crippen molar-refractivity contribution in [3.63, 3.8) is 0 Å². The fourth-order valence-electron chi connectivity index (χ4n) is 1.87. The van der Waals surface area contributed by atoms with Crippen molar-refractivity contribution in [3.05, 3.63) is 42.5 Å². The van der Waals surface area contributed by atoms with E-state index in [1.807, 2.05) is 56.3 Å². The van der Waals surface area contributed by atoms with E-state index >= 15 is 0 Å². The van der Waals surface area contributed by atoms with Gasteiger partial charge in [0.25, 0.3) is 0 Å². The Hall–Kier alpha value is -2.36. The van der Waals surface area contributed by atoms with Crippen LogP contribution in [0.5, 0.6) is 11.5 Å². The number of rotatable bonds is 5. The van der Waals surface area contributed by atoms with Gasteiger partial charge in [0.1, 0.15) is 11.5 Å². The molecule has 4 heteroatoms. The normalized spacial score (nSPS) is 10.4. The highest BCUT2D eigenvalue weighted by Crippen LogP contribution is 2.31. The Bertz CT molecular complexity index is 582. The van der Waals surface area contributed by atoms with Crippen LogP contribution in [0.4, 0.5) is 17.1 Å². The molecule has 0 aromatic heterocycles. The minimum Gasteiger partial charge on any atom is -0.495 e. The number of nitrogens with one attached hydrogen (secondary N) is 1. The highest BCUT2D eigenvalue weighted by atomic mass is 16.5. The first kappa shape index (κ1) is 14.1. The largest absolute Gasteiger partial charge is 0.495 e. The van der Waals surface area contributed by atoms with E-state index in [0.29, 0.717) is 11.4 Å². The van der Waals surface area contributed by atoms with Crippen molar-refractivity contribution in [2.45, 2.75) is 20.0 Å². The van der Waals surface area contributed by atoms with Crippen molar-refractivity contribution < 1.29 is 9.47 Å². The molecule has 0 unspecified atom stereocenters. The molecule has 0 fully saturated rings. The first-order chi connectivity index (χ1) is 9.60. The molecule has 0 saturated heterocycles. The van der Waals surface area contributed by atoms with Gasteiger partial charge in [0, 0.05) is 11.8 Å². The number of hydrogen-bond acceptors (Lipinski definition) is 4. The molecule has 0 heterocycles. The van der Waals surface area contributed by atoms with Gasteiger partial charge >= 0.3 is 0 Å². The van der Waals surface area contributed by atoms with E-state index in [1.54, 1.807) is 7.11 Å². The van der Waals surface area contributed by atoms with E-state index in [0.717, 1.165) is 17.1 Å². The second-order valence-electron chi connectivity index (χ2n) is 4.74. The number of nitrogen functional groups attached to an aromatic ring is 1. The molecule has 106 valence electrons. The van der Waals surface area contributed by atoms with Crippen LogP contribution < -0.4 is 20.5 Å². The lowest BCUT2D eigenvalue weighted by atomic mass is 10.2. The van der Waals surface area contributed by atoms with Crippen LogP contribution in [-0.2, 0) is 0 Å². The third-order valence-corrected chi connectivity index (χ3v) is 2.76. The molecule has 0 atom stereocenters. The zero-order valence-electron chi connectivity index (χ0n) is 12.0. The summed E-state index contributed by atoms with van der Waals surface area (Å²) in [7, 11) is 1.65. The Labute approximate surface area is 119 Å². The van der Waals surface area contributed by atoms with Crippen molar-refractivity contribution in [2.24, 2.45) is 0 Å². The molecule has 3 N–H and O–H groups in total. The smallest absolute Gasteiger partial charge is 0.144 e. The van der Waals surface area contributed by atoms with Crippen LogP contribution in [0.3, 0.4) is 0 Å². The van der Waals surface area contributed by atoms with Gasteiger partial charge in [0.05, 0.1) is 24.6 Å². The predicted molar refractivity (Wildman–Crippen MR) is 82.9 cm³/mol. The Kier molecular flexibility index (Phi) is 4.35. The Morgan fingerprint density at radius 1 is 1.05 bits per heavy atom. The average Bonchev–Trinajstić information content (AvgIpc) is 2.42. The average molecular weight is 272 g/mol. The molecular formula is C16H20N2O2. The van der Waals surface area contributed by atoms with Gasteiger partial charge in [-0.1, -0.05) is 12.1 Å². The van der Waals surface area contributed by atoms with E-state index in [1.165, 1.54) is 0 Å². The van der Waals surface area contributed by atoms with Crippen molar-refractivity contribution >= 4 is 17.1 Å². The van der Waals surface area contributed by atoms with Gasteiger partial charge in [0.15, 0.2) is 0 Å². The predicted octanol–water partition coefficient (Wildman–Crippen LogP) is 3.81. The van der Waals surface area contributed by atoms with E-state index < -0.39 is 0 Å². The fourth-order valence-corrected chi connectivity index (χ4v) is 1.87. The summed E-state index contributed by atoms with van der Waals surface area (Å²) in [6.45, 7) is 3.94. The molecule has 0 aliphatic rings. The number of anilines is 3. The van der Waals surface area contributed by atoms with Gasteiger partial charge < -0.3 is 20.5 Å². The first-order valence-corrected chi connectivity index (χ1v) is 6.56. The van der Waals surface area contributed by atoms with Gasteiger partial charge in [-0.05, 0) is 38.1 Å². The van der Waals surface area contributed by atoms with E-state index in [-0.39, 0.29) is 6.10 Å². The molecule has 0 amide bonds. The monoisotopic (exact) mass is 272 g/mol. The summed E-state index contributed by atoms with van der Waals surface area (Å²) in [6, 6.07) is 13.4. The second-order valence-corrected chi connectivity index (χ2v) is 4.74. The highest BCUT2D eigenvalue weighted by molar-refractivity contribution is 5.70. The zero-order chi connectivity index (χ0) is 14.5. The maximum absolute atomic E-state index is 5.91. The molecule has 2 aromatic rings. The van der Waals surface area contributed by atoms with Crippen molar-refractivity contribution in [3.8, 4) is 11.5 Å². The maximum Gasteiger partial charge on any atom is 0.144 e. The minimum absolute atomic E-state index is 0.0822. The molecule has 20 heavy (non-hydrogen) atoms. The standard InChI is InChI=1S/C16H20N2O2/c1-11(2)20-16-10-12(8-9-13(16)17)18-14-6-4-5-7-15(14)19-3/h4-11,18H,17H2,1-3H3. The summed E-state index contributed by atoms with van der Waals surface area (Å²) in [5.41, 5.74) is 8.34. The number of nitrogens with two attached hydrogens (primary N) is 1. The quantitative estimate of drug-likeness (QED) is 0.813. The van der Waals surface area contributed by atoms with Gasteiger partial charge in [0.2, 0.25) is 0 Å². The third kappa shape index (κ3) is 3.35. The number of hydrogen-bond donors (Lipinski definition) is 2. The van der Waals surface area contributed by atoms with Crippen molar-refractivity contribution in [1.82, 2.24) is 0 Å². The number of para-hydroxylation sites is 2. The van der Waals surface area contributed by atoms with Crippen LogP contribution in [0.1, 0.15) is 13.8 Å². The lowest BCUT2D eigenvalue weighted by Crippen LogP contribution is -2.07. The molecule has 0 radical (unpaired) electrons. The molecule has 0 bridgehead atoms. The van der Waals surface area contributed by atoms with E-state index in [4.69, 9.17) is 15.2 Å². The summed E-state index contributed by atoms with van der Waals surface area (Å²) in [5.74, 6) is 1.47. The SMILES string of the molecule is COc1ccccc1Nc1ccc(N)c(OC(C)C)c1. The minimum atomic E-state index is 0.0822.